The predicted molar refractivity (Wildman–Crippen MR) is 346 cm³/mol. The zero-order chi connectivity index (χ0) is 55.1. The van der Waals surface area contributed by atoms with Crippen molar-refractivity contribution in [3.8, 4) is 78.3 Å². The second-order valence-electron chi connectivity index (χ2n) is 23.0. The molecule has 0 saturated carbocycles. The van der Waals surface area contributed by atoms with Gasteiger partial charge in [0, 0.05) is 38.8 Å². The van der Waals surface area contributed by atoms with Crippen molar-refractivity contribution >= 4 is 38.6 Å². The largest absolute Gasteiger partial charge is 0.455 e. The number of hydrogen-bond donors (Lipinski definition) is 0. The average Bonchev–Trinajstić information content (AvgIpc) is 1.57. The van der Waals surface area contributed by atoms with Gasteiger partial charge in [0.2, 0.25) is 0 Å². The van der Waals surface area contributed by atoms with E-state index in [4.69, 9.17) is 4.74 Å². The van der Waals surface area contributed by atoms with Crippen LogP contribution in [0.1, 0.15) is 44.5 Å². The fraction of sp³-hybridized carbons (Fsp3) is 0.0244. The predicted octanol–water partition coefficient (Wildman–Crippen LogP) is 21.3. The van der Waals surface area contributed by atoms with E-state index in [-0.39, 0.29) is 0 Å². The van der Waals surface area contributed by atoms with E-state index in [0.717, 1.165) is 94.6 Å². The molecule has 0 radical (unpaired) electrons. The fourth-order valence-corrected chi connectivity index (χ4v) is 15.5. The van der Waals surface area contributed by atoms with Gasteiger partial charge in [0.15, 0.2) is 0 Å². The van der Waals surface area contributed by atoms with Gasteiger partial charge in [-0.1, -0.05) is 267 Å². The monoisotopic (exact) mass is 1070 g/mol. The van der Waals surface area contributed by atoms with Crippen LogP contribution in [0.3, 0.4) is 0 Å². The summed E-state index contributed by atoms with van der Waals surface area (Å²) in [6.07, 6.45) is 0. The van der Waals surface area contributed by atoms with Crippen LogP contribution in [0.25, 0.3) is 88.3 Å². The summed E-state index contributed by atoms with van der Waals surface area (Å²) in [5, 5.41) is 4.53. The summed E-state index contributed by atoms with van der Waals surface area (Å²) in [7, 11) is 0. The Kier molecular flexibility index (Phi) is 9.97. The van der Waals surface area contributed by atoms with Crippen molar-refractivity contribution in [1.82, 2.24) is 0 Å². The third-order valence-electron chi connectivity index (χ3n) is 18.9. The highest BCUT2D eigenvalue weighted by Gasteiger charge is 2.54. The van der Waals surface area contributed by atoms with Gasteiger partial charge in [-0.05, 0) is 148 Å². The molecule has 2 nitrogen and oxygen atoms in total. The highest BCUT2D eigenvalue weighted by atomic mass is 16.5. The molecule has 4 aliphatic rings. The van der Waals surface area contributed by atoms with Gasteiger partial charge in [0.25, 0.3) is 0 Å². The van der Waals surface area contributed by atoms with Gasteiger partial charge in [-0.2, -0.15) is 0 Å². The van der Waals surface area contributed by atoms with Crippen LogP contribution in [-0.2, 0) is 10.8 Å². The lowest BCUT2D eigenvalue weighted by atomic mass is 9.65. The molecule has 0 amide bonds. The summed E-state index contributed by atoms with van der Waals surface area (Å²) in [6, 6.07) is 115. The second-order valence-corrected chi connectivity index (χ2v) is 23.0. The Bertz CT molecular complexity index is 4880. The van der Waals surface area contributed by atoms with Gasteiger partial charge >= 0.3 is 0 Å². The minimum absolute atomic E-state index is 0.512. The van der Waals surface area contributed by atoms with Crippen LogP contribution in [0, 0.1) is 0 Å². The van der Waals surface area contributed by atoms with Crippen molar-refractivity contribution in [1.29, 1.82) is 0 Å². The summed E-state index contributed by atoms with van der Waals surface area (Å²) in [4.78, 5) is 2.55. The zero-order valence-electron chi connectivity index (χ0n) is 45.8. The van der Waals surface area contributed by atoms with Crippen molar-refractivity contribution < 1.29 is 4.74 Å². The Balaban J connectivity index is 0.893. The standard InChI is InChI=1S/C82H51NO/c1-3-21-52(22-4-1)58-47-59(53-23-5-2-6-24-53)50-61(49-58)83(77-40-20-39-73-78(77)68-34-14-18-38-72(68)81(73)69-35-15-11-31-64(69)65-32-12-16-36-70(65)81)60-28-19-27-56(48-60)57-41-44-67-66-33-13-17-37-71(66)82(76(67)51-57)74-45-42-54-25-7-9-29-62(54)79(74)84-80-63-30-10-8-26-55(63)43-46-75(80)82/h1-51H. The maximum absolute atomic E-state index is 7.35. The van der Waals surface area contributed by atoms with Crippen LogP contribution in [0.2, 0.25) is 0 Å². The molecule has 0 aromatic heterocycles. The smallest absolute Gasteiger partial charge is 0.140 e. The van der Waals surface area contributed by atoms with Crippen LogP contribution >= 0.6 is 0 Å². The van der Waals surface area contributed by atoms with Crippen LogP contribution in [0.4, 0.5) is 17.1 Å². The molecule has 84 heavy (non-hydrogen) atoms. The maximum Gasteiger partial charge on any atom is 0.140 e. The summed E-state index contributed by atoms with van der Waals surface area (Å²) in [5.41, 5.74) is 26.6. The Morgan fingerprint density at radius 2 is 0.667 bits per heavy atom. The first-order chi connectivity index (χ1) is 41.7. The first-order valence-electron chi connectivity index (χ1n) is 29.2. The number of benzene rings is 14. The number of nitrogens with zero attached hydrogens (tertiary/aromatic N) is 1. The van der Waals surface area contributed by atoms with Crippen molar-refractivity contribution in [2.75, 3.05) is 4.90 Å². The van der Waals surface area contributed by atoms with Crippen molar-refractivity contribution in [3.05, 3.63) is 354 Å². The van der Waals surface area contributed by atoms with E-state index in [1.165, 1.54) is 66.8 Å². The van der Waals surface area contributed by atoms with E-state index in [0.29, 0.717) is 0 Å². The number of hydrogen-bond acceptors (Lipinski definition) is 2. The third kappa shape index (κ3) is 6.40. The van der Waals surface area contributed by atoms with E-state index >= 15 is 0 Å². The van der Waals surface area contributed by atoms with Gasteiger partial charge in [0.05, 0.1) is 16.5 Å². The number of anilines is 3. The lowest BCUT2D eigenvalue weighted by molar-refractivity contribution is 0.447. The molecule has 0 saturated heterocycles. The Hall–Kier alpha value is -10.8. The summed E-state index contributed by atoms with van der Waals surface area (Å²) >= 11 is 0. The van der Waals surface area contributed by atoms with E-state index in [9.17, 15) is 0 Å². The van der Waals surface area contributed by atoms with Gasteiger partial charge in [0.1, 0.15) is 11.5 Å². The zero-order valence-corrected chi connectivity index (χ0v) is 45.8. The van der Waals surface area contributed by atoms with Crippen LogP contribution < -0.4 is 9.64 Å². The molecule has 0 N–H and O–H groups in total. The molecular weight excluding hydrogens is 1010 g/mol. The molecule has 18 rings (SSSR count). The first-order valence-corrected chi connectivity index (χ1v) is 29.2. The topological polar surface area (TPSA) is 12.5 Å². The first kappa shape index (κ1) is 46.9. The molecule has 1 aliphatic heterocycles. The summed E-state index contributed by atoms with van der Waals surface area (Å²) in [6.45, 7) is 0. The summed E-state index contributed by atoms with van der Waals surface area (Å²) < 4.78 is 7.35. The van der Waals surface area contributed by atoms with Gasteiger partial charge < -0.3 is 9.64 Å². The van der Waals surface area contributed by atoms with Gasteiger partial charge in [-0.15, -0.1) is 0 Å². The maximum atomic E-state index is 7.35. The van der Waals surface area contributed by atoms with Crippen LogP contribution in [-0.4, -0.2) is 0 Å². The molecular formula is C82H51NO. The molecule has 14 aromatic carbocycles. The molecule has 390 valence electrons. The lowest BCUT2D eigenvalue weighted by Gasteiger charge is -2.40. The van der Waals surface area contributed by atoms with Crippen LogP contribution in [0.5, 0.6) is 11.5 Å². The Morgan fingerprint density at radius 3 is 1.25 bits per heavy atom. The van der Waals surface area contributed by atoms with E-state index in [2.05, 4.69) is 314 Å². The molecule has 1 heterocycles. The van der Waals surface area contributed by atoms with E-state index in [1.54, 1.807) is 0 Å². The van der Waals surface area contributed by atoms with Crippen molar-refractivity contribution in [2.45, 2.75) is 10.8 Å². The Morgan fingerprint density at radius 1 is 0.238 bits per heavy atom. The minimum atomic E-state index is -0.681. The molecule has 0 atom stereocenters. The second kappa shape index (κ2) is 17.8. The molecule has 0 unspecified atom stereocenters. The van der Waals surface area contributed by atoms with Gasteiger partial charge in [-0.3, -0.25) is 0 Å². The number of fused-ring (bicyclic) bond motifs is 23. The average molecular weight is 1070 g/mol. The number of rotatable bonds is 6. The highest BCUT2D eigenvalue weighted by molar-refractivity contribution is 6.04. The van der Waals surface area contributed by atoms with Crippen molar-refractivity contribution in [3.63, 3.8) is 0 Å². The molecule has 3 aliphatic carbocycles. The molecule has 2 heteroatoms. The van der Waals surface area contributed by atoms with E-state index < -0.39 is 10.8 Å². The van der Waals surface area contributed by atoms with E-state index in [1.807, 2.05) is 0 Å². The van der Waals surface area contributed by atoms with Gasteiger partial charge in [-0.25, -0.2) is 0 Å². The highest BCUT2D eigenvalue weighted by Crippen LogP contribution is 2.67. The Labute approximate surface area is 488 Å². The van der Waals surface area contributed by atoms with Crippen LogP contribution in [0.15, 0.2) is 309 Å². The normalized spacial score (nSPS) is 13.8. The molecule has 14 aromatic rings. The SMILES string of the molecule is c1ccc(-c2cc(-c3ccccc3)cc(N(c3cccc(-c4ccc5c(c4)C4(c6ccccc6-5)c5ccc6ccccc6c5Oc5c4ccc4ccccc54)c3)c3cccc4c3-c3ccccc3C43c4ccccc4-c4ccccc43)c2)cc1. The third-order valence-corrected chi connectivity index (χ3v) is 18.9. The molecule has 0 bridgehead atoms. The lowest BCUT2D eigenvalue weighted by Crippen LogP contribution is -2.32. The minimum Gasteiger partial charge on any atom is -0.455 e. The summed E-state index contributed by atoms with van der Waals surface area (Å²) in [5.74, 6) is 1.83. The number of ether oxygens (including phenoxy) is 1. The fourth-order valence-electron chi connectivity index (χ4n) is 15.5. The van der Waals surface area contributed by atoms with Crippen molar-refractivity contribution in [2.24, 2.45) is 0 Å². The molecule has 2 spiro atoms. The quantitative estimate of drug-likeness (QED) is 0.165. The molecule has 0 fully saturated rings.